The number of hydrogen-bond acceptors (Lipinski definition) is 10. The molecule has 38 heavy (non-hydrogen) atoms. The van der Waals surface area contributed by atoms with Gasteiger partial charge in [0.2, 0.25) is 5.91 Å². The lowest BCUT2D eigenvalue weighted by atomic mass is 10.1. The normalized spacial score (nSPS) is 10.7. The summed E-state index contributed by atoms with van der Waals surface area (Å²) in [6.45, 7) is 1.92. The van der Waals surface area contributed by atoms with E-state index in [0.29, 0.717) is 56.7 Å². The van der Waals surface area contributed by atoms with Crippen LogP contribution in [0, 0.1) is 18.3 Å². The molecule has 0 fully saturated rings. The third-order valence-corrected chi connectivity index (χ3v) is 5.70. The zero-order valence-corrected chi connectivity index (χ0v) is 20.7. The zero-order chi connectivity index (χ0) is 26.6. The number of nitrogens with zero attached hydrogens (tertiary/aromatic N) is 6. The molecule has 3 heterocycles. The van der Waals surface area contributed by atoms with Crippen molar-refractivity contribution in [3.63, 3.8) is 0 Å². The standard InChI is InChI=1S/C26H22N8O4/c1-15-8-19(23(37-3)12-21(15)38-16-5-7-34-24(9-16)29-14-31-34)33-26-17-10-20(32-25(35)4-6-27)22(36-2)11-18(17)28-13-30-26/h5,7-14H,4H2,1-3H3,(H,32,35)(H,28,30,33). The molecule has 0 saturated carbocycles. The molecule has 12 heteroatoms. The summed E-state index contributed by atoms with van der Waals surface area (Å²) in [5.74, 6) is 2.18. The fourth-order valence-electron chi connectivity index (χ4n) is 3.88. The fourth-order valence-corrected chi connectivity index (χ4v) is 3.88. The summed E-state index contributed by atoms with van der Waals surface area (Å²) in [7, 11) is 3.05. The minimum Gasteiger partial charge on any atom is -0.494 e. The number of aromatic nitrogens is 5. The van der Waals surface area contributed by atoms with E-state index < -0.39 is 5.91 Å². The second kappa shape index (κ2) is 10.3. The van der Waals surface area contributed by atoms with Crippen LogP contribution >= 0.6 is 0 Å². The van der Waals surface area contributed by atoms with Crippen LogP contribution in [0.25, 0.3) is 16.6 Å². The Bertz CT molecular complexity index is 1710. The third kappa shape index (κ3) is 4.80. The summed E-state index contributed by atoms with van der Waals surface area (Å²) >= 11 is 0. The van der Waals surface area contributed by atoms with Crippen molar-refractivity contribution in [3.05, 3.63) is 60.8 Å². The van der Waals surface area contributed by atoms with Crippen molar-refractivity contribution in [2.45, 2.75) is 13.3 Å². The summed E-state index contributed by atoms with van der Waals surface area (Å²) in [5, 5.41) is 19.5. The van der Waals surface area contributed by atoms with Crippen molar-refractivity contribution < 1.29 is 19.0 Å². The number of methoxy groups -OCH3 is 2. The number of rotatable bonds is 8. The highest BCUT2D eigenvalue weighted by molar-refractivity contribution is 6.00. The SMILES string of the molecule is COc1cc2ncnc(Nc3cc(C)c(Oc4ccn5ncnc5c4)cc3OC)c2cc1NC(=O)CC#N. The fraction of sp³-hybridized carbons (Fsp3) is 0.154. The Hall–Kier alpha value is -5.44. The van der Waals surface area contributed by atoms with Crippen molar-refractivity contribution >= 4 is 39.6 Å². The van der Waals surface area contributed by atoms with Gasteiger partial charge in [0, 0.05) is 29.8 Å². The van der Waals surface area contributed by atoms with Crippen molar-refractivity contribution in [3.8, 4) is 29.1 Å². The first kappa shape index (κ1) is 24.3. The van der Waals surface area contributed by atoms with Gasteiger partial charge in [-0.05, 0) is 30.7 Å². The predicted octanol–water partition coefficient (Wildman–Crippen LogP) is 4.39. The van der Waals surface area contributed by atoms with Gasteiger partial charge in [-0.2, -0.15) is 10.4 Å². The monoisotopic (exact) mass is 510 g/mol. The van der Waals surface area contributed by atoms with E-state index >= 15 is 0 Å². The van der Waals surface area contributed by atoms with Crippen LogP contribution in [0.15, 0.2) is 55.2 Å². The molecule has 0 aliphatic carbocycles. The topological polar surface area (TPSA) is 149 Å². The molecule has 0 spiro atoms. The van der Waals surface area contributed by atoms with E-state index in [1.165, 1.54) is 19.8 Å². The molecule has 190 valence electrons. The average Bonchev–Trinajstić information content (AvgIpc) is 3.38. The van der Waals surface area contributed by atoms with Crippen molar-refractivity contribution in [1.82, 2.24) is 24.6 Å². The van der Waals surface area contributed by atoms with Gasteiger partial charge in [0.1, 0.15) is 47.9 Å². The molecule has 0 unspecified atom stereocenters. The summed E-state index contributed by atoms with van der Waals surface area (Å²) in [6, 6.07) is 12.5. The molecule has 0 aliphatic heterocycles. The van der Waals surface area contributed by atoms with E-state index in [0.717, 1.165) is 5.56 Å². The highest BCUT2D eigenvalue weighted by Crippen LogP contribution is 2.38. The second-order valence-corrected chi connectivity index (χ2v) is 8.15. The van der Waals surface area contributed by atoms with Crippen LogP contribution in [0.4, 0.5) is 17.2 Å². The lowest BCUT2D eigenvalue weighted by molar-refractivity contribution is -0.115. The molecule has 2 aromatic carbocycles. The molecule has 3 aromatic heterocycles. The van der Waals surface area contributed by atoms with E-state index in [-0.39, 0.29) is 6.42 Å². The van der Waals surface area contributed by atoms with Gasteiger partial charge in [-0.1, -0.05) is 0 Å². The van der Waals surface area contributed by atoms with Crippen molar-refractivity contribution in [2.75, 3.05) is 24.9 Å². The molecule has 0 atom stereocenters. The molecule has 2 N–H and O–H groups in total. The number of carbonyl (C=O) groups excluding carboxylic acids is 1. The van der Waals surface area contributed by atoms with Crippen LogP contribution in [-0.2, 0) is 4.79 Å². The molecule has 0 aliphatic rings. The summed E-state index contributed by atoms with van der Waals surface area (Å²) in [4.78, 5) is 25.0. The van der Waals surface area contributed by atoms with Crippen LogP contribution in [0.5, 0.6) is 23.0 Å². The highest BCUT2D eigenvalue weighted by atomic mass is 16.5. The smallest absolute Gasteiger partial charge is 0.238 e. The molecule has 5 rings (SSSR count). The number of aryl methyl sites for hydroxylation is 1. The van der Waals surface area contributed by atoms with Gasteiger partial charge in [0.15, 0.2) is 5.65 Å². The quantitative estimate of drug-likeness (QED) is 0.308. The number of fused-ring (bicyclic) bond motifs is 2. The molecule has 0 radical (unpaired) electrons. The van der Waals surface area contributed by atoms with Crippen LogP contribution in [0.3, 0.4) is 0 Å². The molecule has 5 aromatic rings. The number of nitriles is 1. The first-order valence-electron chi connectivity index (χ1n) is 11.4. The maximum absolute atomic E-state index is 12.1. The Labute approximate surface area is 216 Å². The number of amides is 1. The van der Waals surface area contributed by atoms with Crippen LogP contribution in [0.1, 0.15) is 12.0 Å². The largest absolute Gasteiger partial charge is 0.494 e. The number of ether oxygens (including phenoxy) is 3. The van der Waals surface area contributed by atoms with E-state index in [9.17, 15) is 4.79 Å². The van der Waals surface area contributed by atoms with Gasteiger partial charge >= 0.3 is 0 Å². The lowest BCUT2D eigenvalue weighted by Crippen LogP contribution is -2.11. The first-order valence-corrected chi connectivity index (χ1v) is 11.4. The van der Waals surface area contributed by atoms with Crippen molar-refractivity contribution in [1.29, 1.82) is 5.26 Å². The second-order valence-electron chi connectivity index (χ2n) is 8.15. The number of pyridine rings is 1. The number of nitrogens with one attached hydrogen (secondary N) is 2. The first-order chi connectivity index (χ1) is 18.5. The number of hydrogen-bond donors (Lipinski definition) is 2. The minimum atomic E-state index is -0.451. The predicted molar refractivity (Wildman–Crippen MR) is 139 cm³/mol. The highest BCUT2D eigenvalue weighted by Gasteiger charge is 2.16. The van der Waals surface area contributed by atoms with Gasteiger partial charge in [-0.3, -0.25) is 4.79 Å². The van der Waals surface area contributed by atoms with Crippen LogP contribution in [-0.4, -0.2) is 44.7 Å². The van der Waals surface area contributed by atoms with Crippen molar-refractivity contribution in [2.24, 2.45) is 0 Å². The van der Waals surface area contributed by atoms with E-state index in [1.807, 2.05) is 19.1 Å². The molecule has 1 amide bonds. The Balaban J connectivity index is 1.48. The molecular weight excluding hydrogens is 488 g/mol. The Morgan fingerprint density at radius 3 is 2.61 bits per heavy atom. The molecule has 12 nitrogen and oxygen atoms in total. The van der Waals surface area contributed by atoms with Gasteiger partial charge in [-0.15, -0.1) is 0 Å². The van der Waals surface area contributed by atoms with E-state index in [2.05, 4.69) is 30.7 Å². The lowest BCUT2D eigenvalue weighted by Gasteiger charge is -2.17. The molecule has 0 bridgehead atoms. The summed E-state index contributed by atoms with van der Waals surface area (Å²) < 4.78 is 18.8. The van der Waals surface area contributed by atoms with Crippen LogP contribution in [0.2, 0.25) is 0 Å². The van der Waals surface area contributed by atoms with E-state index in [1.54, 1.807) is 48.2 Å². The third-order valence-electron chi connectivity index (χ3n) is 5.70. The van der Waals surface area contributed by atoms with E-state index in [4.69, 9.17) is 19.5 Å². The zero-order valence-electron chi connectivity index (χ0n) is 20.7. The minimum absolute atomic E-state index is 0.282. The Morgan fingerprint density at radius 1 is 1.00 bits per heavy atom. The molecule has 0 saturated heterocycles. The Kier molecular flexibility index (Phi) is 6.56. The Morgan fingerprint density at radius 2 is 1.82 bits per heavy atom. The summed E-state index contributed by atoms with van der Waals surface area (Å²) in [6.07, 6.45) is 4.39. The van der Waals surface area contributed by atoms with Gasteiger partial charge in [0.25, 0.3) is 0 Å². The van der Waals surface area contributed by atoms with Crippen LogP contribution < -0.4 is 24.8 Å². The van der Waals surface area contributed by atoms with Gasteiger partial charge in [0.05, 0.1) is 37.2 Å². The molecular formula is C26H22N8O4. The number of anilines is 3. The van der Waals surface area contributed by atoms with Gasteiger partial charge < -0.3 is 24.8 Å². The van der Waals surface area contributed by atoms with Gasteiger partial charge in [-0.25, -0.2) is 19.5 Å². The summed E-state index contributed by atoms with van der Waals surface area (Å²) in [5.41, 5.74) is 3.16. The maximum Gasteiger partial charge on any atom is 0.238 e. The number of benzene rings is 2. The average molecular weight is 511 g/mol. The number of carbonyl (C=O) groups is 1. The maximum atomic E-state index is 12.1.